The van der Waals surface area contributed by atoms with Crippen LogP contribution in [0.4, 0.5) is 0 Å². The standard InChI is InChI=1S/C23H19ClN2O.ClH/c1-2-22-25-20-13-12-19(23(24)27)14-21(20)26(22)15-16-8-10-18(11-9-16)17-6-4-3-5-7-17;/h3-14H,2,15H2,1H3;1H. The van der Waals surface area contributed by atoms with Gasteiger partial charge in [-0.15, -0.1) is 12.4 Å². The van der Waals surface area contributed by atoms with Gasteiger partial charge in [0, 0.05) is 18.5 Å². The van der Waals surface area contributed by atoms with E-state index in [4.69, 9.17) is 16.6 Å². The van der Waals surface area contributed by atoms with Crippen LogP contribution in [0.15, 0.2) is 72.8 Å². The Balaban J connectivity index is 0.00000225. The van der Waals surface area contributed by atoms with Gasteiger partial charge in [0.1, 0.15) is 5.82 Å². The predicted octanol–water partition coefficient (Wildman–Crippen LogP) is 6.11. The van der Waals surface area contributed by atoms with Gasteiger partial charge in [0.15, 0.2) is 0 Å². The average Bonchev–Trinajstić information content (AvgIpc) is 3.06. The fourth-order valence-corrected chi connectivity index (χ4v) is 3.47. The van der Waals surface area contributed by atoms with E-state index < -0.39 is 5.24 Å². The lowest BCUT2D eigenvalue weighted by Gasteiger charge is -2.10. The number of fused-ring (bicyclic) bond motifs is 1. The van der Waals surface area contributed by atoms with Gasteiger partial charge in [-0.1, -0.05) is 61.5 Å². The van der Waals surface area contributed by atoms with E-state index >= 15 is 0 Å². The Kier molecular flexibility index (Phi) is 6.18. The van der Waals surface area contributed by atoms with Gasteiger partial charge >= 0.3 is 0 Å². The summed E-state index contributed by atoms with van der Waals surface area (Å²) in [4.78, 5) is 16.2. The molecule has 0 unspecified atom stereocenters. The van der Waals surface area contributed by atoms with Crippen LogP contribution in [0.3, 0.4) is 0 Å². The minimum atomic E-state index is -0.449. The predicted molar refractivity (Wildman–Crippen MR) is 118 cm³/mol. The average molecular weight is 411 g/mol. The van der Waals surface area contributed by atoms with Crippen LogP contribution in [0.2, 0.25) is 0 Å². The Morgan fingerprint density at radius 2 is 1.64 bits per heavy atom. The molecule has 0 radical (unpaired) electrons. The lowest BCUT2D eigenvalue weighted by atomic mass is 10.0. The second-order valence-corrected chi connectivity index (χ2v) is 6.85. The first-order valence-corrected chi connectivity index (χ1v) is 9.37. The Bertz CT molecular complexity index is 1100. The van der Waals surface area contributed by atoms with Gasteiger partial charge in [-0.25, -0.2) is 4.98 Å². The summed E-state index contributed by atoms with van der Waals surface area (Å²) in [6.07, 6.45) is 0.820. The number of imidazole rings is 1. The van der Waals surface area contributed by atoms with Crippen LogP contribution in [-0.4, -0.2) is 14.8 Å². The number of halogens is 2. The fraction of sp³-hybridized carbons (Fsp3) is 0.130. The molecule has 5 heteroatoms. The molecule has 3 nitrogen and oxygen atoms in total. The molecular formula is C23H20Cl2N2O. The van der Waals surface area contributed by atoms with E-state index in [1.807, 2.05) is 30.3 Å². The van der Waals surface area contributed by atoms with E-state index in [9.17, 15) is 4.79 Å². The van der Waals surface area contributed by atoms with Crippen LogP contribution >= 0.6 is 24.0 Å². The minimum Gasteiger partial charge on any atom is -0.323 e. The van der Waals surface area contributed by atoms with Crippen molar-refractivity contribution < 1.29 is 4.79 Å². The summed E-state index contributed by atoms with van der Waals surface area (Å²) >= 11 is 5.66. The zero-order valence-electron chi connectivity index (χ0n) is 15.4. The lowest BCUT2D eigenvalue weighted by molar-refractivity contribution is 0.108. The first-order valence-electron chi connectivity index (χ1n) is 8.99. The molecule has 0 saturated heterocycles. The fourth-order valence-electron chi connectivity index (χ4n) is 3.36. The van der Waals surface area contributed by atoms with Crippen LogP contribution in [0.5, 0.6) is 0 Å². The smallest absolute Gasteiger partial charge is 0.252 e. The summed E-state index contributed by atoms with van der Waals surface area (Å²) in [6, 6.07) is 24.3. The molecule has 0 saturated carbocycles. The van der Waals surface area contributed by atoms with Gasteiger partial charge in [-0.2, -0.15) is 0 Å². The monoisotopic (exact) mass is 410 g/mol. The van der Waals surface area contributed by atoms with Crippen molar-refractivity contribution in [2.24, 2.45) is 0 Å². The minimum absolute atomic E-state index is 0. The van der Waals surface area contributed by atoms with Crippen LogP contribution < -0.4 is 0 Å². The number of rotatable bonds is 5. The zero-order chi connectivity index (χ0) is 18.8. The van der Waals surface area contributed by atoms with E-state index in [-0.39, 0.29) is 12.4 Å². The van der Waals surface area contributed by atoms with Crippen molar-refractivity contribution in [1.82, 2.24) is 9.55 Å². The molecule has 0 spiro atoms. The van der Waals surface area contributed by atoms with Crippen molar-refractivity contribution >= 4 is 40.3 Å². The second kappa shape index (κ2) is 8.59. The quantitative estimate of drug-likeness (QED) is 0.371. The summed E-state index contributed by atoms with van der Waals surface area (Å²) in [6.45, 7) is 2.79. The molecular weight excluding hydrogens is 391 g/mol. The first kappa shape index (κ1) is 20.1. The zero-order valence-corrected chi connectivity index (χ0v) is 17.0. The van der Waals surface area contributed by atoms with Gasteiger partial charge in [-0.05, 0) is 46.5 Å². The van der Waals surface area contributed by atoms with Gasteiger partial charge < -0.3 is 4.57 Å². The van der Waals surface area contributed by atoms with Gasteiger partial charge in [-0.3, -0.25) is 4.79 Å². The highest BCUT2D eigenvalue weighted by atomic mass is 35.5. The molecule has 0 fully saturated rings. The third-order valence-corrected chi connectivity index (χ3v) is 4.99. The highest BCUT2D eigenvalue weighted by Crippen LogP contribution is 2.23. The molecule has 142 valence electrons. The Morgan fingerprint density at radius 3 is 2.29 bits per heavy atom. The van der Waals surface area contributed by atoms with Crippen molar-refractivity contribution in [3.8, 4) is 11.1 Å². The highest BCUT2D eigenvalue weighted by Gasteiger charge is 2.12. The number of aromatic nitrogens is 2. The molecule has 0 bridgehead atoms. The van der Waals surface area contributed by atoms with Crippen molar-refractivity contribution in [2.75, 3.05) is 0 Å². The van der Waals surface area contributed by atoms with Gasteiger partial charge in [0.25, 0.3) is 5.24 Å². The maximum Gasteiger partial charge on any atom is 0.252 e. The van der Waals surface area contributed by atoms with Crippen molar-refractivity contribution in [3.63, 3.8) is 0 Å². The molecule has 0 N–H and O–H groups in total. The number of carbonyl (C=O) groups excluding carboxylic acids is 1. The normalized spacial score (nSPS) is 10.6. The SMILES string of the molecule is CCc1nc2ccc(C(=O)Cl)cc2n1Cc1ccc(-c2ccccc2)cc1.Cl. The Labute approximate surface area is 175 Å². The molecule has 0 aliphatic carbocycles. The van der Waals surface area contributed by atoms with Crippen molar-refractivity contribution in [2.45, 2.75) is 19.9 Å². The van der Waals surface area contributed by atoms with E-state index in [0.29, 0.717) is 12.1 Å². The molecule has 0 aliphatic heterocycles. The number of hydrogen-bond acceptors (Lipinski definition) is 2. The third kappa shape index (κ3) is 3.96. The largest absolute Gasteiger partial charge is 0.323 e. The Morgan fingerprint density at radius 1 is 0.964 bits per heavy atom. The lowest BCUT2D eigenvalue weighted by Crippen LogP contribution is -2.04. The first-order chi connectivity index (χ1) is 13.2. The molecule has 28 heavy (non-hydrogen) atoms. The molecule has 4 aromatic rings. The molecule has 1 heterocycles. The van der Waals surface area contributed by atoms with E-state index in [1.54, 1.807) is 6.07 Å². The van der Waals surface area contributed by atoms with Gasteiger partial charge in [0.05, 0.1) is 11.0 Å². The number of aryl methyl sites for hydroxylation is 1. The summed E-state index contributed by atoms with van der Waals surface area (Å²) in [5.41, 5.74) is 5.90. The molecule has 4 rings (SSSR count). The van der Waals surface area contributed by atoms with Crippen molar-refractivity contribution in [3.05, 3.63) is 89.7 Å². The number of hydrogen-bond donors (Lipinski definition) is 0. The maximum absolute atomic E-state index is 11.5. The summed E-state index contributed by atoms with van der Waals surface area (Å²) in [5, 5.41) is -0.449. The van der Waals surface area contributed by atoms with Crippen molar-refractivity contribution in [1.29, 1.82) is 0 Å². The van der Waals surface area contributed by atoms with Crippen LogP contribution in [0, 0.1) is 0 Å². The summed E-state index contributed by atoms with van der Waals surface area (Å²) in [7, 11) is 0. The maximum atomic E-state index is 11.5. The summed E-state index contributed by atoms with van der Waals surface area (Å²) < 4.78 is 2.16. The van der Waals surface area contributed by atoms with E-state index in [0.717, 1.165) is 23.3 Å². The molecule has 0 amide bonds. The Hall–Kier alpha value is -2.62. The topological polar surface area (TPSA) is 34.9 Å². The van der Waals surface area contributed by atoms with Crippen LogP contribution in [-0.2, 0) is 13.0 Å². The number of nitrogens with zero attached hydrogens (tertiary/aromatic N) is 2. The second-order valence-electron chi connectivity index (χ2n) is 6.51. The van der Waals surface area contributed by atoms with Crippen LogP contribution in [0.1, 0.15) is 28.7 Å². The molecule has 3 aromatic carbocycles. The van der Waals surface area contributed by atoms with E-state index in [2.05, 4.69) is 47.9 Å². The molecule has 1 aromatic heterocycles. The number of carbonyl (C=O) groups is 1. The van der Waals surface area contributed by atoms with E-state index in [1.165, 1.54) is 16.7 Å². The third-order valence-electron chi connectivity index (χ3n) is 4.77. The van der Waals surface area contributed by atoms with Gasteiger partial charge in [0.2, 0.25) is 0 Å². The summed E-state index contributed by atoms with van der Waals surface area (Å²) in [5.74, 6) is 0.997. The van der Waals surface area contributed by atoms with Crippen LogP contribution in [0.25, 0.3) is 22.2 Å². The molecule has 0 atom stereocenters. The number of benzene rings is 3. The molecule has 0 aliphatic rings. The highest BCUT2D eigenvalue weighted by molar-refractivity contribution is 6.67.